The van der Waals surface area contributed by atoms with Gasteiger partial charge in [-0.2, -0.15) is 5.26 Å². The van der Waals surface area contributed by atoms with Crippen molar-refractivity contribution >= 4 is 15.6 Å². The van der Waals surface area contributed by atoms with Gasteiger partial charge in [0.1, 0.15) is 0 Å². The fraction of sp³-hybridized carbons (Fsp3) is 0.200. The lowest BCUT2D eigenvalue weighted by molar-refractivity contribution is 0.0994. The maximum Gasteiger partial charge on any atom is 0.178 e. The number of nitrogens with zero attached hydrogens (tertiary/aromatic N) is 1. The standard InChI is InChI=1S/C10H9NO3S/c1-15(13,14)10-5-3-2-4-8(10)9(12)6-7-11/h2-5H,6H2,1H3. The van der Waals surface area contributed by atoms with Crippen molar-refractivity contribution in [2.75, 3.05) is 6.26 Å². The molecule has 1 rings (SSSR count). The molecule has 0 spiro atoms. The van der Waals surface area contributed by atoms with Crippen LogP contribution in [0.25, 0.3) is 0 Å². The van der Waals surface area contributed by atoms with Crippen molar-refractivity contribution in [1.29, 1.82) is 5.26 Å². The number of ketones is 1. The van der Waals surface area contributed by atoms with Crippen LogP contribution < -0.4 is 0 Å². The molecule has 5 heteroatoms. The lowest BCUT2D eigenvalue weighted by Crippen LogP contribution is -2.07. The van der Waals surface area contributed by atoms with E-state index in [1.807, 2.05) is 0 Å². The lowest BCUT2D eigenvalue weighted by atomic mass is 10.1. The minimum atomic E-state index is -3.43. The number of hydrogen-bond acceptors (Lipinski definition) is 4. The van der Waals surface area contributed by atoms with Crippen LogP contribution >= 0.6 is 0 Å². The molecule has 0 saturated heterocycles. The largest absolute Gasteiger partial charge is 0.293 e. The Morgan fingerprint density at radius 2 is 2.00 bits per heavy atom. The quantitative estimate of drug-likeness (QED) is 0.721. The Labute approximate surface area is 88.1 Å². The summed E-state index contributed by atoms with van der Waals surface area (Å²) in [5.74, 6) is -0.474. The first-order valence-electron chi connectivity index (χ1n) is 4.16. The van der Waals surface area contributed by atoms with Crippen LogP contribution in [0.1, 0.15) is 16.8 Å². The van der Waals surface area contributed by atoms with Crippen molar-refractivity contribution in [3.63, 3.8) is 0 Å². The summed E-state index contributed by atoms with van der Waals surface area (Å²) < 4.78 is 22.7. The number of benzene rings is 1. The van der Waals surface area contributed by atoms with Gasteiger partial charge in [-0.15, -0.1) is 0 Å². The van der Waals surface area contributed by atoms with Crippen LogP contribution in [-0.2, 0) is 9.84 Å². The molecule has 4 nitrogen and oxygen atoms in total. The Hall–Kier alpha value is -1.67. The average Bonchev–Trinajstić information content (AvgIpc) is 2.17. The maximum absolute atomic E-state index is 11.4. The third-order valence-corrected chi connectivity index (χ3v) is 2.98. The van der Waals surface area contributed by atoms with Gasteiger partial charge in [0.05, 0.1) is 17.4 Å². The Bertz CT molecular complexity index is 526. The van der Waals surface area contributed by atoms with Crippen LogP contribution in [-0.4, -0.2) is 20.5 Å². The number of rotatable bonds is 3. The van der Waals surface area contributed by atoms with E-state index in [9.17, 15) is 13.2 Å². The van der Waals surface area contributed by atoms with Crippen LogP contribution in [0.3, 0.4) is 0 Å². The van der Waals surface area contributed by atoms with Gasteiger partial charge in [-0.05, 0) is 6.07 Å². The Kier molecular flexibility index (Phi) is 3.22. The Morgan fingerprint density at radius 3 is 2.53 bits per heavy atom. The van der Waals surface area contributed by atoms with Crippen LogP contribution in [0.2, 0.25) is 0 Å². The molecule has 1 aromatic carbocycles. The van der Waals surface area contributed by atoms with Crippen LogP contribution in [0.15, 0.2) is 29.2 Å². The second-order valence-electron chi connectivity index (χ2n) is 3.03. The molecule has 0 atom stereocenters. The van der Waals surface area contributed by atoms with Gasteiger partial charge in [-0.3, -0.25) is 4.79 Å². The third-order valence-electron chi connectivity index (χ3n) is 1.83. The highest BCUT2D eigenvalue weighted by Gasteiger charge is 2.17. The molecule has 1 aromatic rings. The van der Waals surface area contributed by atoms with Crippen LogP contribution in [0.4, 0.5) is 0 Å². The summed E-state index contributed by atoms with van der Waals surface area (Å²) in [7, 11) is -3.43. The molecule has 0 heterocycles. The molecule has 0 saturated carbocycles. The second-order valence-corrected chi connectivity index (χ2v) is 5.01. The molecule has 0 aliphatic rings. The summed E-state index contributed by atoms with van der Waals surface area (Å²) in [6.07, 6.45) is 0.720. The van der Waals surface area contributed by atoms with Gasteiger partial charge >= 0.3 is 0 Å². The summed E-state index contributed by atoms with van der Waals surface area (Å²) in [4.78, 5) is 11.4. The normalized spacial score (nSPS) is 10.7. The fourth-order valence-electron chi connectivity index (χ4n) is 1.19. The summed E-state index contributed by atoms with van der Waals surface area (Å²) in [6, 6.07) is 7.58. The highest BCUT2D eigenvalue weighted by molar-refractivity contribution is 7.90. The second kappa shape index (κ2) is 4.24. The summed E-state index contributed by atoms with van der Waals surface area (Å²) in [6.45, 7) is 0. The highest BCUT2D eigenvalue weighted by atomic mass is 32.2. The number of hydrogen-bond donors (Lipinski definition) is 0. The zero-order valence-electron chi connectivity index (χ0n) is 8.10. The maximum atomic E-state index is 11.4. The Morgan fingerprint density at radius 1 is 1.40 bits per heavy atom. The van der Waals surface area contributed by atoms with E-state index in [1.54, 1.807) is 18.2 Å². The molecule has 78 valence electrons. The van der Waals surface area contributed by atoms with E-state index in [0.29, 0.717) is 0 Å². The molecule has 0 unspecified atom stereocenters. The van der Waals surface area contributed by atoms with Crippen molar-refractivity contribution in [2.24, 2.45) is 0 Å². The van der Waals surface area contributed by atoms with E-state index in [-0.39, 0.29) is 16.9 Å². The fourth-order valence-corrected chi connectivity index (χ4v) is 2.09. The smallest absolute Gasteiger partial charge is 0.178 e. The van der Waals surface area contributed by atoms with Gasteiger partial charge in [0.2, 0.25) is 0 Å². The van der Waals surface area contributed by atoms with Gasteiger partial charge in [-0.25, -0.2) is 8.42 Å². The van der Waals surface area contributed by atoms with Crippen LogP contribution in [0, 0.1) is 11.3 Å². The van der Waals surface area contributed by atoms with E-state index in [0.717, 1.165) is 6.26 Å². The van der Waals surface area contributed by atoms with Gasteiger partial charge in [-0.1, -0.05) is 18.2 Å². The highest BCUT2D eigenvalue weighted by Crippen LogP contribution is 2.16. The lowest BCUT2D eigenvalue weighted by Gasteiger charge is -2.04. The summed E-state index contributed by atoms with van der Waals surface area (Å²) in [5, 5.41) is 8.37. The van der Waals surface area contributed by atoms with Crippen molar-refractivity contribution in [3.05, 3.63) is 29.8 Å². The molecular formula is C10H9NO3S. The molecule has 0 aromatic heterocycles. The SMILES string of the molecule is CS(=O)(=O)c1ccccc1C(=O)CC#N. The molecule has 0 fully saturated rings. The van der Waals surface area contributed by atoms with Gasteiger partial charge in [0.15, 0.2) is 15.6 Å². The van der Waals surface area contributed by atoms with E-state index < -0.39 is 15.6 Å². The van der Waals surface area contributed by atoms with Crippen molar-refractivity contribution in [2.45, 2.75) is 11.3 Å². The monoisotopic (exact) mass is 223 g/mol. The zero-order chi connectivity index (χ0) is 11.5. The number of nitriles is 1. The van der Waals surface area contributed by atoms with E-state index in [4.69, 9.17) is 5.26 Å². The molecule has 0 aliphatic carbocycles. The number of Topliss-reactive ketones (excluding diaryl/α,β-unsaturated/α-hetero) is 1. The first-order valence-corrected chi connectivity index (χ1v) is 6.05. The minimum Gasteiger partial charge on any atom is -0.293 e. The zero-order valence-corrected chi connectivity index (χ0v) is 8.91. The topological polar surface area (TPSA) is 75.0 Å². The predicted octanol–water partition coefficient (Wildman–Crippen LogP) is 1.19. The van der Waals surface area contributed by atoms with Crippen molar-refractivity contribution < 1.29 is 13.2 Å². The average molecular weight is 223 g/mol. The van der Waals surface area contributed by atoms with Crippen LogP contribution in [0.5, 0.6) is 0 Å². The number of carbonyl (C=O) groups is 1. The van der Waals surface area contributed by atoms with E-state index in [1.165, 1.54) is 12.1 Å². The molecule has 15 heavy (non-hydrogen) atoms. The number of sulfone groups is 1. The van der Waals surface area contributed by atoms with Gasteiger partial charge < -0.3 is 0 Å². The van der Waals surface area contributed by atoms with Crippen molar-refractivity contribution in [3.8, 4) is 6.07 Å². The molecular weight excluding hydrogens is 214 g/mol. The van der Waals surface area contributed by atoms with Crippen molar-refractivity contribution in [1.82, 2.24) is 0 Å². The first-order chi connectivity index (χ1) is 6.96. The van der Waals surface area contributed by atoms with Gasteiger partial charge in [0.25, 0.3) is 0 Å². The third kappa shape index (κ3) is 2.64. The molecule has 0 bridgehead atoms. The minimum absolute atomic E-state index is 0.0229. The predicted molar refractivity (Wildman–Crippen MR) is 54.1 cm³/mol. The van der Waals surface area contributed by atoms with E-state index >= 15 is 0 Å². The molecule has 0 radical (unpaired) electrons. The summed E-state index contributed by atoms with van der Waals surface area (Å²) in [5.41, 5.74) is 0.0848. The summed E-state index contributed by atoms with van der Waals surface area (Å²) >= 11 is 0. The molecule has 0 aliphatic heterocycles. The molecule has 0 N–H and O–H groups in total. The molecule has 0 amide bonds. The number of carbonyl (C=O) groups excluding carboxylic acids is 1. The first kappa shape index (κ1) is 11.4. The van der Waals surface area contributed by atoms with Gasteiger partial charge in [0, 0.05) is 11.8 Å². The Balaban J connectivity index is 3.32. The van der Waals surface area contributed by atoms with E-state index in [2.05, 4.69) is 0 Å².